The number of aromatic nitrogens is 3. The number of H-pyrrole nitrogens is 1. The third-order valence-electron chi connectivity index (χ3n) is 3.65. The second kappa shape index (κ2) is 8.44. The standard InChI is InChI=1S/C17H14Cl2N4O2S/c18-13-2-1-3-14(19)11(13)6-15-21-7-12(17(25)23-15)16(24)20-5-4-10-8-26-9-22-10/h1-3,7-9H,4-6H2,(H,20,24)(H,21,23,25). The Bertz CT molecular complexity index is 953. The molecule has 2 heterocycles. The second-order valence-electron chi connectivity index (χ2n) is 5.44. The summed E-state index contributed by atoms with van der Waals surface area (Å²) in [6, 6.07) is 5.17. The average Bonchev–Trinajstić information content (AvgIpc) is 3.12. The molecule has 0 fully saturated rings. The Morgan fingerprint density at radius 3 is 2.65 bits per heavy atom. The minimum absolute atomic E-state index is 0.0442. The van der Waals surface area contributed by atoms with E-state index in [-0.39, 0.29) is 12.0 Å². The highest BCUT2D eigenvalue weighted by molar-refractivity contribution is 7.07. The van der Waals surface area contributed by atoms with Gasteiger partial charge in [-0.1, -0.05) is 29.3 Å². The molecular formula is C17H14Cl2N4O2S. The number of nitrogens with one attached hydrogen (secondary N) is 2. The van der Waals surface area contributed by atoms with Gasteiger partial charge in [-0.25, -0.2) is 9.97 Å². The Balaban J connectivity index is 1.67. The lowest BCUT2D eigenvalue weighted by Crippen LogP contribution is -2.31. The molecule has 0 spiro atoms. The number of aromatic amines is 1. The van der Waals surface area contributed by atoms with Crippen LogP contribution in [0.4, 0.5) is 0 Å². The second-order valence-corrected chi connectivity index (χ2v) is 6.97. The van der Waals surface area contributed by atoms with E-state index in [0.29, 0.717) is 34.4 Å². The van der Waals surface area contributed by atoms with E-state index in [1.807, 2.05) is 5.38 Å². The number of carbonyl (C=O) groups excluding carboxylic acids is 1. The van der Waals surface area contributed by atoms with E-state index in [1.165, 1.54) is 17.5 Å². The van der Waals surface area contributed by atoms with Crippen molar-refractivity contribution in [3.63, 3.8) is 0 Å². The van der Waals surface area contributed by atoms with Crippen LogP contribution in [0.1, 0.15) is 27.4 Å². The van der Waals surface area contributed by atoms with Crippen molar-refractivity contribution in [2.45, 2.75) is 12.8 Å². The largest absolute Gasteiger partial charge is 0.351 e. The number of hydrogen-bond donors (Lipinski definition) is 2. The number of thiazole rings is 1. The van der Waals surface area contributed by atoms with Crippen LogP contribution in [0.5, 0.6) is 0 Å². The third kappa shape index (κ3) is 4.49. The zero-order valence-corrected chi connectivity index (χ0v) is 15.8. The van der Waals surface area contributed by atoms with Gasteiger partial charge in [0.05, 0.1) is 11.2 Å². The number of amides is 1. The SMILES string of the molecule is O=C(NCCc1cscn1)c1cnc(Cc2c(Cl)cccc2Cl)[nH]c1=O. The van der Waals surface area contributed by atoms with Crippen LogP contribution in [-0.4, -0.2) is 27.4 Å². The highest BCUT2D eigenvalue weighted by Crippen LogP contribution is 2.25. The topological polar surface area (TPSA) is 87.7 Å². The summed E-state index contributed by atoms with van der Waals surface area (Å²) >= 11 is 13.7. The molecule has 0 aliphatic rings. The molecule has 0 saturated carbocycles. The monoisotopic (exact) mass is 408 g/mol. The zero-order valence-electron chi connectivity index (χ0n) is 13.5. The first-order chi connectivity index (χ1) is 12.5. The van der Waals surface area contributed by atoms with Gasteiger partial charge in [0.25, 0.3) is 11.5 Å². The van der Waals surface area contributed by atoms with Crippen molar-refractivity contribution in [2.24, 2.45) is 0 Å². The van der Waals surface area contributed by atoms with Crippen molar-refractivity contribution in [1.82, 2.24) is 20.3 Å². The lowest BCUT2D eigenvalue weighted by atomic mass is 10.1. The lowest BCUT2D eigenvalue weighted by Gasteiger charge is -2.07. The fraction of sp³-hybridized carbons (Fsp3) is 0.176. The first-order valence-electron chi connectivity index (χ1n) is 7.71. The van der Waals surface area contributed by atoms with E-state index in [4.69, 9.17) is 23.2 Å². The smallest absolute Gasteiger partial charge is 0.263 e. The molecule has 0 radical (unpaired) electrons. The minimum Gasteiger partial charge on any atom is -0.351 e. The predicted molar refractivity (Wildman–Crippen MR) is 102 cm³/mol. The Morgan fingerprint density at radius 1 is 1.23 bits per heavy atom. The average molecular weight is 409 g/mol. The van der Waals surface area contributed by atoms with Gasteiger partial charge in [0.2, 0.25) is 0 Å². The molecule has 0 saturated heterocycles. The highest BCUT2D eigenvalue weighted by Gasteiger charge is 2.13. The molecule has 2 N–H and O–H groups in total. The van der Waals surface area contributed by atoms with Crippen LogP contribution < -0.4 is 10.9 Å². The van der Waals surface area contributed by atoms with E-state index in [2.05, 4.69) is 20.3 Å². The van der Waals surface area contributed by atoms with Gasteiger partial charge >= 0.3 is 0 Å². The maximum Gasteiger partial charge on any atom is 0.263 e. The van der Waals surface area contributed by atoms with Gasteiger partial charge in [-0.15, -0.1) is 11.3 Å². The summed E-state index contributed by atoms with van der Waals surface area (Å²) in [5, 5.41) is 5.58. The lowest BCUT2D eigenvalue weighted by molar-refractivity contribution is 0.0952. The maximum atomic E-state index is 12.2. The van der Waals surface area contributed by atoms with Crippen LogP contribution in [0.3, 0.4) is 0 Å². The highest BCUT2D eigenvalue weighted by atomic mass is 35.5. The normalized spacial score (nSPS) is 10.7. The summed E-state index contributed by atoms with van der Waals surface area (Å²) in [7, 11) is 0. The fourth-order valence-electron chi connectivity index (χ4n) is 2.31. The van der Waals surface area contributed by atoms with Crippen LogP contribution in [-0.2, 0) is 12.8 Å². The fourth-order valence-corrected chi connectivity index (χ4v) is 3.44. The molecule has 1 amide bonds. The molecule has 6 nitrogen and oxygen atoms in total. The molecule has 0 bridgehead atoms. The van der Waals surface area contributed by atoms with Gasteiger partial charge in [0, 0.05) is 41.0 Å². The quantitative estimate of drug-likeness (QED) is 0.655. The number of halogens is 2. The molecule has 134 valence electrons. The van der Waals surface area contributed by atoms with Crippen LogP contribution in [0.15, 0.2) is 40.1 Å². The van der Waals surface area contributed by atoms with E-state index >= 15 is 0 Å². The van der Waals surface area contributed by atoms with Gasteiger partial charge in [-0.3, -0.25) is 9.59 Å². The summed E-state index contributed by atoms with van der Waals surface area (Å²) in [6.45, 7) is 0.388. The maximum absolute atomic E-state index is 12.2. The molecule has 1 aromatic carbocycles. The number of hydrogen-bond acceptors (Lipinski definition) is 5. The molecule has 0 aliphatic heterocycles. The predicted octanol–water partition coefficient (Wildman–Crippen LogP) is 3.10. The molecule has 3 rings (SSSR count). The number of nitrogens with zero attached hydrogens (tertiary/aromatic N) is 2. The van der Waals surface area contributed by atoms with Crippen LogP contribution in [0.2, 0.25) is 10.0 Å². The van der Waals surface area contributed by atoms with E-state index < -0.39 is 11.5 Å². The Labute approximate surface area is 163 Å². The van der Waals surface area contributed by atoms with E-state index in [0.717, 1.165) is 5.69 Å². The third-order valence-corrected chi connectivity index (χ3v) is 5.00. The Hall–Kier alpha value is -2.22. The molecule has 0 unspecified atom stereocenters. The molecular weight excluding hydrogens is 395 g/mol. The molecule has 0 aliphatic carbocycles. The van der Waals surface area contributed by atoms with Gasteiger partial charge in [0.1, 0.15) is 11.4 Å². The van der Waals surface area contributed by atoms with Crippen molar-refractivity contribution in [3.8, 4) is 0 Å². The summed E-state index contributed by atoms with van der Waals surface area (Å²) in [6.07, 6.45) is 2.13. The van der Waals surface area contributed by atoms with Crippen LogP contribution in [0, 0.1) is 0 Å². The number of rotatable bonds is 6. The number of carbonyl (C=O) groups is 1. The van der Waals surface area contributed by atoms with Crippen molar-refractivity contribution < 1.29 is 4.79 Å². The molecule has 2 aromatic heterocycles. The first-order valence-corrected chi connectivity index (χ1v) is 9.41. The summed E-state index contributed by atoms with van der Waals surface area (Å²) in [5.74, 6) is -0.0969. The molecule has 0 atom stereocenters. The van der Waals surface area contributed by atoms with E-state index in [1.54, 1.807) is 23.7 Å². The first kappa shape index (κ1) is 18.6. The summed E-state index contributed by atoms with van der Waals surface area (Å²) < 4.78 is 0. The van der Waals surface area contributed by atoms with Crippen LogP contribution >= 0.6 is 34.5 Å². The minimum atomic E-state index is -0.510. The Morgan fingerprint density at radius 2 is 2.00 bits per heavy atom. The van der Waals surface area contributed by atoms with Crippen LogP contribution in [0.25, 0.3) is 0 Å². The summed E-state index contributed by atoms with van der Waals surface area (Å²) in [5.41, 5.74) is 2.74. The summed E-state index contributed by atoms with van der Waals surface area (Å²) in [4.78, 5) is 35.2. The molecule has 3 aromatic rings. The van der Waals surface area contributed by atoms with Crippen molar-refractivity contribution >= 4 is 40.4 Å². The van der Waals surface area contributed by atoms with Crippen molar-refractivity contribution in [3.05, 3.63) is 78.3 Å². The van der Waals surface area contributed by atoms with Gasteiger partial charge in [0.15, 0.2) is 0 Å². The number of benzene rings is 1. The Kier molecular flexibility index (Phi) is 6.03. The van der Waals surface area contributed by atoms with Gasteiger partial charge < -0.3 is 10.3 Å². The van der Waals surface area contributed by atoms with Gasteiger partial charge in [-0.2, -0.15) is 0 Å². The van der Waals surface area contributed by atoms with Gasteiger partial charge in [-0.05, 0) is 17.7 Å². The molecule has 26 heavy (non-hydrogen) atoms. The van der Waals surface area contributed by atoms with E-state index in [9.17, 15) is 9.59 Å². The molecule has 9 heteroatoms. The zero-order chi connectivity index (χ0) is 18.5. The van der Waals surface area contributed by atoms with Crippen molar-refractivity contribution in [2.75, 3.05) is 6.54 Å². The van der Waals surface area contributed by atoms with Crippen molar-refractivity contribution in [1.29, 1.82) is 0 Å².